The van der Waals surface area contributed by atoms with Crippen LogP contribution in [0.4, 0.5) is 0 Å². The number of nitrogens with zero attached hydrogens (tertiary/aromatic N) is 1. The van der Waals surface area contributed by atoms with Crippen LogP contribution in [0.1, 0.15) is 18.5 Å². The summed E-state index contributed by atoms with van der Waals surface area (Å²) in [6.45, 7) is 0.150. The van der Waals surface area contributed by atoms with Gasteiger partial charge in [-0.2, -0.15) is 0 Å². The van der Waals surface area contributed by atoms with Crippen molar-refractivity contribution in [2.75, 3.05) is 6.61 Å². The van der Waals surface area contributed by atoms with E-state index in [1.54, 1.807) is 11.3 Å². The Balaban J connectivity index is 1.73. The first-order valence-electron chi connectivity index (χ1n) is 6.17. The summed E-state index contributed by atoms with van der Waals surface area (Å²) in [4.78, 5) is 4.49. The molecule has 1 saturated carbocycles. The van der Waals surface area contributed by atoms with Crippen LogP contribution in [0.5, 0.6) is 5.75 Å². The fourth-order valence-corrected chi connectivity index (χ4v) is 2.58. The molecular weight excluding hydrogens is 246 g/mol. The number of rotatable bonds is 5. The zero-order valence-electron chi connectivity index (χ0n) is 10.0. The van der Waals surface area contributed by atoms with Crippen molar-refractivity contribution < 1.29 is 9.84 Å². The molecule has 3 nitrogen and oxygen atoms in total. The lowest BCUT2D eigenvalue weighted by Crippen LogP contribution is -1.95. The van der Waals surface area contributed by atoms with Crippen LogP contribution in [0.3, 0.4) is 0 Å². The number of thiazole rings is 1. The van der Waals surface area contributed by atoms with Crippen molar-refractivity contribution in [3.05, 3.63) is 35.3 Å². The first-order valence-corrected chi connectivity index (χ1v) is 7.05. The van der Waals surface area contributed by atoms with Gasteiger partial charge in [-0.1, -0.05) is 0 Å². The maximum Gasteiger partial charge on any atom is 0.123 e. The highest BCUT2D eigenvalue weighted by molar-refractivity contribution is 7.13. The molecule has 0 spiro atoms. The lowest BCUT2D eigenvalue weighted by Gasteiger charge is -2.04. The van der Waals surface area contributed by atoms with Gasteiger partial charge in [0.2, 0.25) is 0 Å². The van der Waals surface area contributed by atoms with Crippen LogP contribution < -0.4 is 4.74 Å². The molecule has 4 heteroatoms. The molecule has 0 aliphatic heterocycles. The third-order valence-corrected chi connectivity index (χ3v) is 3.79. The molecule has 0 atom stereocenters. The molecular formula is C14H15NO2S. The molecule has 1 aliphatic rings. The molecule has 0 saturated heterocycles. The number of aromatic nitrogens is 1. The Labute approximate surface area is 110 Å². The number of aliphatic hydroxyl groups excluding tert-OH is 1. The summed E-state index contributed by atoms with van der Waals surface area (Å²) in [6, 6.07) is 8.08. The van der Waals surface area contributed by atoms with Crippen molar-refractivity contribution in [1.82, 2.24) is 4.98 Å². The van der Waals surface area contributed by atoms with Crippen molar-refractivity contribution in [1.29, 1.82) is 0 Å². The fourth-order valence-electron chi connectivity index (χ4n) is 1.72. The molecule has 0 bridgehead atoms. The van der Waals surface area contributed by atoms with E-state index < -0.39 is 0 Å². The van der Waals surface area contributed by atoms with E-state index in [1.807, 2.05) is 29.6 Å². The second kappa shape index (κ2) is 5.08. The highest BCUT2D eigenvalue weighted by atomic mass is 32.1. The van der Waals surface area contributed by atoms with Gasteiger partial charge in [-0.3, -0.25) is 0 Å². The minimum absolute atomic E-state index is 0.150. The summed E-state index contributed by atoms with van der Waals surface area (Å²) in [5.74, 6) is 0.938. The maximum atomic E-state index is 8.87. The molecule has 1 heterocycles. The van der Waals surface area contributed by atoms with Crippen LogP contribution >= 0.6 is 11.3 Å². The quantitative estimate of drug-likeness (QED) is 0.900. The average molecular weight is 261 g/mol. The van der Waals surface area contributed by atoms with E-state index >= 15 is 0 Å². The van der Waals surface area contributed by atoms with Crippen molar-refractivity contribution in [3.8, 4) is 16.3 Å². The Morgan fingerprint density at radius 2 is 2.06 bits per heavy atom. The molecule has 2 aromatic rings. The van der Waals surface area contributed by atoms with Gasteiger partial charge in [-0.05, 0) is 37.1 Å². The predicted octanol–water partition coefficient (Wildman–Crippen LogP) is 2.89. The summed E-state index contributed by atoms with van der Waals surface area (Å²) < 4.78 is 5.71. The molecule has 0 radical (unpaired) electrons. The highest BCUT2D eigenvalue weighted by Crippen LogP contribution is 2.29. The van der Waals surface area contributed by atoms with E-state index in [1.165, 1.54) is 12.8 Å². The zero-order chi connectivity index (χ0) is 12.4. The van der Waals surface area contributed by atoms with Crippen molar-refractivity contribution in [3.63, 3.8) is 0 Å². The van der Waals surface area contributed by atoms with Crippen LogP contribution in [0.15, 0.2) is 29.6 Å². The molecule has 94 valence electrons. The first kappa shape index (κ1) is 11.7. The van der Waals surface area contributed by atoms with E-state index in [9.17, 15) is 0 Å². The second-order valence-electron chi connectivity index (χ2n) is 4.46. The van der Waals surface area contributed by atoms with E-state index in [0.717, 1.165) is 22.0 Å². The zero-order valence-corrected chi connectivity index (χ0v) is 10.8. The van der Waals surface area contributed by atoms with Crippen LogP contribution in [-0.2, 0) is 6.42 Å². The monoisotopic (exact) mass is 261 g/mol. The molecule has 0 amide bonds. The molecule has 1 aliphatic carbocycles. The largest absolute Gasteiger partial charge is 0.490 e. The van der Waals surface area contributed by atoms with Gasteiger partial charge in [-0.15, -0.1) is 11.3 Å². The fraction of sp³-hybridized carbons (Fsp3) is 0.357. The molecule has 18 heavy (non-hydrogen) atoms. The molecule has 0 unspecified atom stereocenters. The molecule has 1 N–H and O–H groups in total. The minimum Gasteiger partial charge on any atom is -0.490 e. The number of hydrogen-bond donors (Lipinski definition) is 1. The molecule has 1 aromatic heterocycles. The third-order valence-electron chi connectivity index (χ3n) is 2.85. The summed E-state index contributed by atoms with van der Waals surface area (Å²) in [5.41, 5.74) is 2.06. The Hall–Kier alpha value is -1.39. The standard InChI is InChI=1S/C14H15NO2S/c16-8-7-11-9-18-14(15-11)10-1-3-12(4-2-10)17-13-5-6-13/h1-4,9,13,16H,5-8H2. The smallest absolute Gasteiger partial charge is 0.123 e. The summed E-state index contributed by atoms with van der Waals surface area (Å²) in [5, 5.41) is 11.9. The van der Waals surface area contributed by atoms with Gasteiger partial charge < -0.3 is 9.84 Å². The number of aliphatic hydroxyl groups is 1. The van der Waals surface area contributed by atoms with Gasteiger partial charge in [0.25, 0.3) is 0 Å². The average Bonchev–Trinajstić information content (AvgIpc) is 3.07. The minimum atomic E-state index is 0.150. The Bertz CT molecular complexity index is 517. The van der Waals surface area contributed by atoms with Gasteiger partial charge in [0.15, 0.2) is 0 Å². The van der Waals surface area contributed by atoms with Crippen LogP contribution in [0, 0.1) is 0 Å². The van der Waals surface area contributed by atoms with Crippen molar-refractivity contribution in [2.24, 2.45) is 0 Å². The lowest BCUT2D eigenvalue weighted by atomic mass is 10.2. The number of benzene rings is 1. The van der Waals surface area contributed by atoms with Crippen molar-refractivity contribution in [2.45, 2.75) is 25.4 Å². The highest BCUT2D eigenvalue weighted by Gasteiger charge is 2.23. The molecule has 3 rings (SSSR count). The van der Waals surface area contributed by atoms with Crippen LogP contribution in [0.2, 0.25) is 0 Å². The summed E-state index contributed by atoms with van der Waals surface area (Å²) >= 11 is 1.61. The Morgan fingerprint density at radius 3 is 2.72 bits per heavy atom. The lowest BCUT2D eigenvalue weighted by molar-refractivity contribution is 0.298. The normalized spacial score (nSPS) is 14.7. The number of ether oxygens (including phenoxy) is 1. The summed E-state index contributed by atoms with van der Waals surface area (Å²) in [6.07, 6.45) is 3.42. The predicted molar refractivity (Wildman–Crippen MR) is 72.0 cm³/mol. The Morgan fingerprint density at radius 1 is 1.28 bits per heavy atom. The van der Waals surface area contributed by atoms with E-state index in [4.69, 9.17) is 9.84 Å². The van der Waals surface area contributed by atoms with Gasteiger partial charge in [0.05, 0.1) is 11.8 Å². The SMILES string of the molecule is OCCc1csc(-c2ccc(OC3CC3)cc2)n1. The van der Waals surface area contributed by atoms with Gasteiger partial charge in [-0.25, -0.2) is 4.98 Å². The summed E-state index contributed by atoms with van der Waals surface area (Å²) in [7, 11) is 0. The van der Waals surface area contributed by atoms with E-state index in [0.29, 0.717) is 12.5 Å². The van der Waals surface area contributed by atoms with E-state index in [2.05, 4.69) is 4.98 Å². The van der Waals surface area contributed by atoms with Crippen molar-refractivity contribution >= 4 is 11.3 Å². The van der Waals surface area contributed by atoms with E-state index in [-0.39, 0.29) is 6.61 Å². The van der Waals surface area contributed by atoms with Crippen LogP contribution in [0.25, 0.3) is 10.6 Å². The Kier molecular flexibility index (Phi) is 3.30. The van der Waals surface area contributed by atoms with Gasteiger partial charge in [0.1, 0.15) is 10.8 Å². The van der Waals surface area contributed by atoms with Gasteiger partial charge in [0, 0.05) is 24.0 Å². The van der Waals surface area contributed by atoms with Crippen LogP contribution in [-0.4, -0.2) is 22.8 Å². The van der Waals surface area contributed by atoms with Gasteiger partial charge >= 0.3 is 0 Å². The second-order valence-corrected chi connectivity index (χ2v) is 5.32. The number of hydrogen-bond acceptors (Lipinski definition) is 4. The third kappa shape index (κ3) is 2.71. The first-order chi connectivity index (χ1) is 8.85. The topological polar surface area (TPSA) is 42.4 Å². The molecule has 1 aromatic carbocycles. The molecule has 1 fully saturated rings. The maximum absolute atomic E-state index is 8.87.